The minimum absolute atomic E-state index is 0.0479. The fourth-order valence-corrected chi connectivity index (χ4v) is 1.89. The Morgan fingerprint density at radius 3 is 2.67 bits per heavy atom. The van der Waals surface area contributed by atoms with Crippen LogP contribution in [-0.4, -0.2) is 10.9 Å². The van der Waals surface area contributed by atoms with E-state index in [4.69, 9.17) is 4.74 Å². The quantitative estimate of drug-likeness (QED) is 0.881. The van der Waals surface area contributed by atoms with Crippen LogP contribution in [0.3, 0.4) is 0 Å². The van der Waals surface area contributed by atoms with E-state index in [-0.39, 0.29) is 5.91 Å². The zero-order valence-electron chi connectivity index (χ0n) is 12.4. The highest BCUT2D eigenvalue weighted by molar-refractivity contribution is 5.91. The van der Waals surface area contributed by atoms with Crippen LogP contribution < -0.4 is 10.1 Å². The van der Waals surface area contributed by atoms with Crippen LogP contribution in [0.4, 0.5) is 5.82 Å². The predicted molar refractivity (Wildman–Crippen MR) is 83.1 cm³/mol. The van der Waals surface area contributed by atoms with Gasteiger partial charge < -0.3 is 10.1 Å². The van der Waals surface area contributed by atoms with Crippen LogP contribution in [0.2, 0.25) is 0 Å². The molecule has 0 radical (unpaired) electrons. The molecule has 0 atom stereocenters. The molecule has 0 aliphatic heterocycles. The van der Waals surface area contributed by atoms with Gasteiger partial charge in [-0.3, -0.25) is 4.79 Å². The Morgan fingerprint density at radius 1 is 1.19 bits per heavy atom. The summed E-state index contributed by atoms with van der Waals surface area (Å²) >= 11 is 0. The lowest BCUT2D eigenvalue weighted by molar-refractivity contribution is -0.116. The zero-order chi connectivity index (χ0) is 15.1. The highest BCUT2D eigenvalue weighted by Crippen LogP contribution is 2.22. The van der Waals surface area contributed by atoms with Crippen molar-refractivity contribution >= 4 is 11.7 Å². The summed E-state index contributed by atoms with van der Waals surface area (Å²) < 4.78 is 5.75. The highest BCUT2D eigenvalue weighted by Gasteiger charge is 2.10. The van der Waals surface area contributed by atoms with Crippen molar-refractivity contribution in [1.82, 2.24) is 4.98 Å². The van der Waals surface area contributed by atoms with Gasteiger partial charge in [0.1, 0.15) is 6.61 Å². The van der Waals surface area contributed by atoms with E-state index in [1.54, 1.807) is 18.3 Å². The van der Waals surface area contributed by atoms with Gasteiger partial charge in [-0.25, -0.2) is 4.98 Å². The molecule has 21 heavy (non-hydrogen) atoms. The number of carbonyl (C=O) groups excluding carboxylic acids is 1. The highest BCUT2D eigenvalue weighted by atomic mass is 16.5. The number of amides is 1. The predicted octanol–water partition coefficient (Wildman–Crippen LogP) is 3.65. The molecular weight excluding hydrogens is 264 g/mol. The summed E-state index contributed by atoms with van der Waals surface area (Å²) in [5.74, 6) is 1.31. The molecule has 2 rings (SSSR count). The van der Waals surface area contributed by atoms with Gasteiger partial charge in [0.05, 0.1) is 0 Å². The van der Waals surface area contributed by atoms with Crippen molar-refractivity contribution in [3.63, 3.8) is 0 Å². The molecule has 0 aliphatic rings. The number of nitrogens with zero attached hydrogens (tertiary/aromatic N) is 1. The number of anilines is 1. The third kappa shape index (κ3) is 4.91. The van der Waals surface area contributed by atoms with Crippen molar-refractivity contribution in [1.29, 1.82) is 0 Å². The van der Waals surface area contributed by atoms with Gasteiger partial charge in [-0.15, -0.1) is 0 Å². The third-order valence-corrected chi connectivity index (χ3v) is 2.86. The van der Waals surface area contributed by atoms with E-state index >= 15 is 0 Å². The third-order valence-electron chi connectivity index (χ3n) is 2.86. The number of pyridine rings is 1. The van der Waals surface area contributed by atoms with Crippen LogP contribution in [0.15, 0.2) is 48.7 Å². The number of hydrogen-bond donors (Lipinski definition) is 1. The lowest BCUT2D eigenvalue weighted by Crippen LogP contribution is -2.15. The Balaban J connectivity index is 2.01. The van der Waals surface area contributed by atoms with Crippen LogP contribution >= 0.6 is 0 Å². The van der Waals surface area contributed by atoms with Crippen LogP contribution in [-0.2, 0) is 11.4 Å². The van der Waals surface area contributed by atoms with Crippen LogP contribution in [0.5, 0.6) is 5.75 Å². The molecule has 0 aliphatic carbocycles. The lowest BCUT2D eigenvalue weighted by Gasteiger charge is -2.12. The maximum Gasteiger partial charge on any atom is 0.225 e. The average Bonchev–Trinajstić information content (AvgIpc) is 2.46. The van der Waals surface area contributed by atoms with Gasteiger partial charge >= 0.3 is 0 Å². The van der Waals surface area contributed by atoms with Crippen molar-refractivity contribution in [2.24, 2.45) is 5.92 Å². The number of nitrogens with one attached hydrogen (secondary N) is 1. The fourth-order valence-electron chi connectivity index (χ4n) is 1.89. The molecule has 1 N–H and O–H groups in total. The number of benzene rings is 1. The largest absolute Gasteiger partial charge is 0.485 e. The summed E-state index contributed by atoms with van der Waals surface area (Å²) in [5, 5.41) is 2.80. The maximum absolute atomic E-state index is 11.8. The molecule has 2 aromatic rings. The molecular formula is C17H20N2O2. The van der Waals surface area contributed by atoms with Gasteiger partial charge in [-0.2, -0.15) is 0 Å². The van der Waals surface area contributed by atoms with E-state index in [1.807, 2.05) is 44.2 Å². The molecule has 4 heteroatoms. The van der Waals surface area contributed by atoms with E-state index in [0.29, 0.717) is 30.5 Å². The average molecular weight is 284 g/mol. The summed E-state index contributed by atoms with van der Waals surface area (Å²) in [7, 11) is 0. The van der Waals surface area contributed by atoms with Gasteiger partial charge in [-0.05, 0) is 23.6 Å². The molecule has 1 aromatic carbocycles. The summed E-state index contributed by atoms with van der Waals surface area (Å²) in [6.07, 6.45) is 2.11. The Kier molecular flexibility index (Phi) is 5.32. The number of aromatic nitrogens is 1. The second-order valence-corrected chi connectivity index (χ2v) is 5.27. The van der Waals surface area contributed by atoms with Gasteiger partial charge in [0.2, 0.25) is 5.91 Å². The Morgan fingerprint density at radius 2 is 1.95 bits per heavy atom. The van der Waals surface area contributed by atoms with Crippen LogP contribution in [0, 0.1) is 5.92 Å². The monoisotopic (exact) mass is 284 g/mol. The van der Waals surface area contributed by atoms with Gasteiger partial charge in [0, 0.05) is 12.6 Å². The molecule has 0 saturated carbocycles. The molecule has 0 spiro atoms. The maximum atomic E-state index is 11.8. The Labute approximate surface area is 125 Å². The molecule has 4 nitrogen and oxygen atoms in total. The first kappa shape index (κ1) is 15.0. The van der Waals surface area contributed by atoms with E-state index in [0.717, 1.165) is 5.56 Å². The standard InChI is InChI=1S/C17H20N2O2/c1-13(2)11-16(20)19-17-15(9-6-10-18-17)21-12-14-7-4-3-5-8-14/h3-10,13H,11-12H2,1-2H3,(H,18,19,20). The van der Waals surface area contributed by atoms with E-state index < -0.39 is 0 Å². The fraction of sp³-hybridized carbons (Fsp3) is 0.294. The normalized spacial score (nSPS) is 10.4. The molecule has 1 amide bonds. The van der Waals surface area contributed by atoms with Crippen molar-refractivity contribution in [2.75, 3.05) is 5.32 Å². The summed E-state index contributed by atoms with van der Waals surface area (Å²) in [5.41, 5.74) is 1.07. The second kappa shape index (κ2) is 7.43. The zero-order valence-corrected chi connectivity index (χ0v) is 12.4. The number of ether oxygens (including phenoxy) is 1. The molecule has 0 fully saturated rings. The first-order valence-corrected chi connectivity index (χ1v) is 7.06. The summed E-state index contributed by atoms with van der Waals surface area (Å²) in [6.45, 7) is 4.45. The lowest BCUT2D eigenvalue weighted by atomic mass is 10.1. The van der Waals surface area contributed by atoms with Gasteiger partial charge in [-0.1, -0.05) is 44.2 Å². The van der Waals surface area contributed by atoms with Crippen molar-refractivity contribution in [2.45, 2.75) is 26.9 Å². The smallest absolute Gasteiger partial charge is 0.225 e. The minimum atomic E-state index is -0.0479. The molecule has 0 unspecified atom stereocenters. The SMILES string of the molecule is CC(C)CC(=O)Nc1ncccc1OCc1ccccc1. The van der Waals surface area contributed by atoms with Crippen LogP contribution in [0.1, 0.15) is 25.8 Å². The molecule has 0 saturated heterocycles. The van der Waals surface area contributed by atoms with Crippen molar-refractivity contribution in [3.8, 4) is 5.75 Å². The van der Waals surface area contributed by atoms with E-state index in [9.17, 15) is 4.79 Å². The molecule has 0 bridgehead atoms. The van der Waals surface area contributed by atoms with Crippen molar-refractivity contribution < 1.29 is 9.53 Å². The number of hydrogen-bond acceptors (Lipinski definition) is 3. The number of carbonyl (C=O) groups is 1. The van der Waals surface area contributed by atoms with E-state index in [1.165, 1.54) is 0 Å². The Hall–Kier alpha value is -2.36. The first-order valence-electron chi connectivity index (χ1n) is 7.06. The number of rotatable bonds is 6. The van der Waals surface area contributed by atoms with Gasteiger partial charge in [0.25, 0.3) is 0 Å². The molecule has 1 aromatic heterocycles. The Bertz CT molecular complexity index is 582. The summed E-state index contributed by atoms with van der Waals surface area (Å²) in [4.78, 5) is 16.0. The van der Waals surface area contributed by atoms with Crippen LogP contribution in [0.25, 0.3) is 0 Å². The van der Waals surface area contributed by atoms with E-state index in [2.05, 4.69) is 10.3 Å². The molecule has 1 heterocycles. The molecule has 110 valence electrons. The summed E-state index contributed by atoms with van der Waals surface area (Å²) in [6, 6.07) is 13.5. The first-order chi connectivity index (χ1) is 10.1. The van der Waals surface area contributed by atoms with Crippen molar-refractivity contribution in [3.05, 3.63) is 54.2 Å². The minimum Gasteiger partial charge on any atom is -0.485 e. The van der Waals surface area contributed by atoms with Gasteiger partial charge in [0.15, 0.2) is 11.6 Å². The second-order valence-electron chi connectivity index (χ2n) is 5.27. The topological polar surface area (TPSA) is 51.2 Å².